The summed E-state index contributed by atoms with van der Waals surface area (Å²) >= 11 is 1.04. The molecule has 0 fully saturated rings. The largest absolute Gasteiger partial charge is 0.452 e. The maximum atomic E-state index is 12.3. The van der Waals surface area contributed by atoms with E-state index in [9.17, 15) is 18.0 Å². The van der Waals surface area contributed by atoms with E-state index in [1.807, 2.05) is 32.9 Å². The molecule has 2 N–H and O–H groups in total. The van der Waals surface area contributed by atoms with Gasteiger partial charge in [0.2, 0.25) is 0 Å². The summed E-state index contributed by atoms with van der Waals surface area (Å²) in [5.41, 5.74) is 3.57. The number of aryl methyl sites for hydroxylation is 3. The van der Waals surface area contributed by atoms with Crippen molar-refractivity contribution in [2.75, 3.05) is 11.9 Å². The van der Waals surface area contributed by atoms with Gasteiger partial charge in [-0.15, -0.1) is 11.3 Å². The highest BCUT2D eigenvalue weighted by molar-refractivity contribution is 7.91. The maximum absolute atomic E-state index is 12.3. The first-order valence-corrected chi connectivity index (χ1v) is 10.6. The highest BCUT2D eigenvalue weighted by Gasteiger charge is 2.22. The Balaban J connectivity index is 1.91. The molecule has 0 saturated heterocycles. The van der Waals surface area contributed by atoms with Crippen molar-refractivity contribution in [3.8, 4) is 0 Å². The molecule has 9 heteroatoms. The summed E-state index contributed by atoms with van der Waals surface area (Å²) in [4.78, 5) is 24.2. The summed E-state index contributed by atoms with van der Waals surface area (Å²) in [7, 11) is -3.76. The number of ether oxygens (including phenoxy) is 1. The Hall–Kier alpha value is -2.23. The fourth-order valence-electron chi connectivity index (χ4n) is 2.54. The van der Waals surface area contributed by atoms with Crippen LogP contribution in [0.15, 0.2) is 33.9 Å². The van der Waals surface area contributed by atoms with Gasteiger partial charge in [-0.3, -0.25) is 9.59 Å². The van der Waals surface area contributed by atoms with Gasteiger partial charge in [-0.1, -0.05) is 23.8 Å². The molecule has 1 atom stereocenters. The zero-order chi connectivity index (χ0) is 20.2. The van der Waals surface area contributed by atoms with Crippen LogP contribution in [0.2, 0.25) is 0 Å². The molecule has 1 aromatic carbocycles. The minimum absolute atomic E-state index is 0.103. The van der Waals surface area contributed by atoms with E-state index in [-0.39, 0.29) is 4.21 Å². The number of nitrogens with one attached hydrogen (secondary N) is 2. The van der Waals surface area contributed by atoms with Gasteiger partial charge < -0.3 is 10.1 Å². The molecule has 146 valence electrons. The predicted octanol–water partition coefficient (Wildman–Crippen LogP) is 2.52. The van der Waals surface area contributed by atoms with Crippen molar-refractivity contribution in [3.05, 3.63) is 46.3 Å². The van der Waals surface area contributed by atoms with Gasteiger partial charge >= 0.3 is 5.97 Å². The Morgan fingerprint density at radius 1 is 1.19 bits per heavy atom. The molecular weight excluding hydrogens is 388 g/mol. The van der Waals surface area contributed by atoms with Crippen molar-refractivity contribution < 1.29 is 22.7 Å². The summed E-state index contributed by atoms with van der Waals surface area (Å²) in [6, 6.07) is 6.91. The Morgan fingerprint density at radius 2 is 1.81 bits per heavy atom. The maximum Gasteiger partial charge on any atom is 0.321 e. The molecule has 1 unspecified atom stereocenters. The summed E-state index contributed by atoms with van der Waals surface area (Å²) in [6.07, 6.45) is -1.07. The van der Waals surface area contributed by atoms with E-state index in [4.69, 9.17) is 4.74 Å². The first-order chi connectivity index (χ1) is 12.6. The van der Waals surface area contributed by atoms with Crippen LogP contribution < -0.4 is 10.0 Å². The average molecular weight is 411 g/mol. The second-order valence-corrected chi connectivity index (χ2v) is 9.09. The number of sulfonamides is 1. The molecule has 1 amide bonds. The number of hydrogen-bond donors (Lipinski definition) is 2. The van der Waals surface area contributed by atoms with Gasteiger partial charge in [-0.25, -0.2) is 8.42 Å². The van der Waals surface area contributed by atoms with Gasteiger partial charge in [0.05, 0.1) is 0 Å². The van der Waals surface area contributed by atoms with Crippen LogP contribution in [-0.2, 0) is 24.3 Å². The number of rotatable bonds is 7. The Labute approximate surface area is 162 Å². The molecule has 0 aliphatic heterocycles. The topological polar surface area (TPSA) is 102 Å². The van der Waals surface area contributed by atoms with Gasteiger partial charge in [0.25, 0.3) is 15.9 Å². The Kier molecular flexibility index (Phi) is 6.74. The zero-order valence-electron chi connectivity index (χ0n) is 15.5. The third kappa shape index (κ3) is 5.62. The molecule has 0 aliphatic rings. The first kappa shape index (κ1) is 21.1. The number of esters is 1. The molecule has 0 spiro atoms. The van der Waals surface area contributed by atoms with Crippen LogP contribution in [0.3, 0.4) is 0 Å². The molecule has 1 aromatic heterocycles. The van der Waals surface area contributed by atoms with E-state index in [2.05, 4.69) is 10.0 Å². The lowest BCUT2D eigenvalue weighted by Gasteiger charge is -2.17. The van der Waals surface area contributed by atoms with Crippen molar-refractivity contribution >= 4 is 38.9 Å². The lowest BCUT2D eigenvalue weighted by atomic mass is 10.0. The molecule has 2 rings (SSSR count). The lowest BCUT2D eigenvalue weighted by molar-refractivity contribution is -0.151. The van der Waals surface area contributed by atoms with Gasteiger partial charge in [0, 0.05) is 5.69 Å². The van der Waals surface area contributed by atoms with Crippen LogP contribution in [0.1, 0.15) is 23.6 Å². The van der Waals surface area contributed by atoms with Crippen molar-refractivity contribution in [3.63, 3.8) is 0 Å². The minimum atomic E-state index is -3.76. The quantitative estimate of drug-likeness (QED) is 0.683. The third-order valence-corrected chi connectivity index (χ3v) is 6.57. The van der Waals surface area contributed by atoms with Crippen LogP contribution in [-0.4, -0.2) is 32.9 Å². The summed E-state index contributed by atoms with van der Waals surface area (Å²) in [5, 5.41) is 4.37. The average Bonchev–Trinajstić information content (AvgIpc) is 3.11. The monoisotopic (exact) mass is 410 g/mol. The Bertz CT molecular complexity index is 914. The standard InChI is InChI=1S/C18H22N2O5S2/c1-11-8-12(2)17(13(3)9-11)20-18(22)14(4)25-15(21)10-19-27(23,24)16-6-5-7-26-16/h5-9,14,19H,10H2,1-4H3,(H,20,22). The number of anilines is 1. The number of hydrogen-bond acceptors (Lipinski definition) is 6. The van der Waals surface area contributed by atoms with Gasteiger partial charge in [0.15, 0.2) is 6.10 Å². The number of carbonyl (C=O) groups excluding carboxylic acids is 2. The summed E-state index contributed by atoms with van der Waals surface area (Å²) in [5.74, 6) is -1.32. The number of thiophene rings is 1. The van der Waals surface area contributed by atoms with Crippen molar-refractivity contribution in [2.24, 2.45) is 0 Å². The molecule has 7 nitrogen and oxygen atoms in total. The van der Waals surface area contributed by atoms with Gasteiger partial charge in [0.1, 0.15) is 10.8 Å². The Morgan fingerprint density at radius 3 is 2.37 bits per heavy atom. The van der Waals surface area contributed by atoms with Gasteiger partial charge in [-0.2, -0.15) is 4.72 Å². The third-order valence-electron chi connectivity index (χ3n) is 3.77. The first-order valence-electron chi connectivity index (χ1n) is 8.21. The van der Waals surface area contributed by atoms with E-state index < -0.39 is 34.5 Å². The second-order valence-electron chi connectivity index (χ2n) is 6.15. The fraction of sp³-hybridized carbons (Fsp3) is 0.333. The molecule has 27 heavy (non-hydrogen) atoms. The highest BCUT2D eigenvalue weighted by atomic mass is 32.2. The van der Waals surface area contributed by atoms with Crippen molar-refractivity contribution in [2.45, 2.75) is 38.0 Å². The minimum Gasteiger partial charge on any atom is -0.452 e. The molecule has 0 radical (unpaired) electrons. The predicted molar refractivity (Wildman–Crippen MR) is 104 cm³/mol. The number of amides is 1. The van der Waals surface area contributed by atoms with Crippen LogP contribution in [0.25, 0.3) is 0 Å². The zero-order valence-corrected chi connectivity index (χ0v) is 17.2. The van der Waals surface area contributed by atoms with Crippen molar-refractivity contribution in [1.82, 2.24) is 4.72 Å². The van der Waals surface area contributed by atoms with E-state index in [0.717, 1.165) is 28.0 Å². The van der Waals surface area contributed by atoms with E-state index in [1.54, 1.807) is 11.4 Å². The SMILES string of the molecule is Cc1cc(C)c(NC(=O)C(C)OC(=O)CNS(=O)(=O)c2cccs2)c(C)c1. The second kappa shape index (κ2) is 8.64. The van der Waals surface area contributed by atoms with Crippen molar-refractivity contribution in [1.29, 1.82) is 0 Å². The molecule has 0 aliphatic carbocycles. The summed E-state index contributed by atoms with van der Waals surface area (Å²) < 4.78 is 31.2. The number of benzene rings is 1. The van der Waals surface area contributed by atoms with E-state index >= 15 is 0 Å². The smallest absolute Gasteiger partial charge is 0.321 e. The van der Waals surface area contributed by atoms with Gasteiger partial charge in [-0.05, 0) is 50.3 Å². The lowest BCUT2D eigenvalue weighted by Crippen LogP contribution is -2.35. The molecule has 1 heterocycles. The van der Waals surface area contributed by atoms with Crippen LogP contribution in [0.5, 0.6) is 0 Å². The molecular formula is C18H22N2O5S2. The van der Waals surface area contributed by atoms with Crippen LogP contribution in [0, 0.1) is 20.8 Å². The fourth-order valence-corrected chi connectivity index (χ4v) is 4.54. The molecule has 2 aromatic rings. The van der Waals surface area contributed by atoms with E-state index in [1.165, 1.54) is 13.0 Å². The summed E-state index contributed by atoms with van der Waals surface area (Å²) in [6.45, 7) is 6.60. The van der Waals surface area contributed by atoms with Crippen LogP contribution >= 0.6 is 11.3 Å². The van der Waals surface area contributed by atoms with Crippen LogP contribution in [0.4, 0.5) is 5.69 Å². The normalized spacial score (nSPS) is 12.4. The molecule has 0 saturated carbocycles. The highest BCUT2D eigenvalue weighted by Crippen LogP contribution is 2.22. The van der Waals surface area contributed by atoms with E-state index in [0.29, 0.717) is 5.69 Å². The molecule has 0 bridgehead atoms. The number of carbonyl (C=O) groups is 2.